The molecule has 21 heavy (non-hydrogen) atoms. The van der Waals surface area contributed by atoms with Gasteiger partial charge in [-0.1, -0.05) is 47.0 Å². The summed E-state index contributed by atoms with van der Waals surface area (Å²) in [6.45, 7) is 4.16. The van der Waals surface area contributed by atoms with E-state index in [0.29, 0.717) is 0 Å². The molecule has 0 heterocycles. The quantitative estimate of drug-likeness (QED) is 0.666. The highest BCUT2D eigenvalue weighted by Crippen LogP contribution is 2.29. The smallest absolute Gasteiger partial charge is 0.338 e. The van der Waals surface area contributed by atoms with Gasteiger partial charge >= 0.3 is 5.97 Å². The number of ether oxygens (including phenoxy) is 1. The molecule has 0 aromatic heterocycles. The molecular weight excluding hydrogens is 309 g/mol. The molecule has 0 saturated carbocycles. The molecule has 2 N–H and O–H groups in total. The first-order valence-corrected chi connectivity index (χ1v) is 7.12. The fourth-order valence-electron chi connectivity index (χ4n) is 1.91. The van der Waals surface area contributed by atoms with Crippen LogP contribution >= 0.6 is 23.2 Å². The van der Waals surface area contributed by atoms with Crippen LogP contribution in [-0.4, -0.2) is 5.97 Å². The minimum absolute atomic E-state index is 0.201. The zero-order valence-electron chi connectivity index (χ0n) is 11.7. The summed E-state index contributed by atoms with van der Waals surface area (Å²) < 4.78 is 5.30. The number of hydrogen-bond acceptors (Lipinski definition) is 3. The lowest BCUT2D eigenvalue weighted by molar-refractivity contribution is 0.0472. The van der Waals surface area contributed by atoms with E-state index in [1.165, 1.54) is 12.1 Å². The van der Waals surface area contributed by atoms with Crippen LogP contribution in [0.25, 0.3) is 0 Å². The lowest BCUT2D eigenvalue weighted by atomic mass is 10.1. The van der Waals surface area contributed by atoms with Crippen molar-refractivity contribution in [2.75, 3.05) is 5.73 Å². The van der Waals surface area contributed by atoms with E-state index in [4.69, 9.17) is 33.7 Å². The van der Waals surface area contributed by atoms with Crippen molar-refractivity contribution in [1.82, 2.24) is 0 Å². The summed E-state index contributed by atoms with van der Waals surface area (Å²) in [7, 11) is 0. The number of esters is 1. The molecule has 2 aromatic carbocycles. The molecule has 0 unspecified atom stereocenters. The first kappa shape index (κ1) is 15.7. The van der Waals surface area contributed by atoms with E-state index in [1.807, 2.05) is 32.0 Å². The number of nitrogens with two attached hydrogens (primary N) is 1. The molecule has 110 valence electrons. The van der Waals surface area contributed by atoms with Crippen LogP contribution in [0.3, 0.4) is 0 Å². The average Bonchev–Trinajstić information content (AvgIpc) is 2.44. The lowest BCUT2D eigenvalue weighted by Gasteiger charge is -2.10. The van der Waals surface area contributed by atoms with Gasteiger partial charge in [0.05, 0.1) is 21.3 Å². The number of carbonyl (C=O) groups is 1. The molecule has 5 heteroatoms. The largest absolute Gasteiger partial charge is 0.457 e. The van der Waals surface area contributed by atoms with E-state index >= 15 is 0 Å². The van der Waals surface area contributed by atoms with Crippen molar-refractivity contribution >= 4 is 34.9 Å². The Morgan fingerprint density at radius 1 is 1.19 bits per heavy atom. The van der Waals surface area contributed by atoms with E-state index in [0.717, 1.165) is 16.7 Å². The molecule has 0 aliphatic heterocycles. The van der Waals surface area contributed by atoms with Crippen LogP contribution in [0.2, 0.25) is 10.0 Å². The SMILES string of the molecule is Cc1ccc(C)c(COC(=O)c2cc(N)c(Cl)c(Cl)c2)c1. The Labute approximate surface area is 133 Å². The van der Waals surface area contributed by atoms with Crippen LogP contribution in [-0.2, 0) is 11.3 Å². The van der Waals surface area contributed by atoms with Gasteiger partial charge in [-0.25, -0.2) is 4.79 Å². The Hall–Kier alpha value is -1.71. The van der Waals surface area contributed by atoms with Gasteiger partial charge in [-0.05, 0) is 37.1 Å². The summed E-state index contributed by atoms with van der Waals surface area (Å²) in [6.07, 6.45) is 0. The maximum absolute atomic E-state index is 12.1. The number of hydrogen-bond donors (Lipinski definition) is 1. The van der Waals surface area contributed by atoms with Crippen LogP contribution in [0.15, 0.2) is 30.3 Å². The second kappa shape index (κ2) is 6.37. The average molecular weight is 324 g/mol. The summed E-state index contributed by atoms with van der Waals surface area (Å²) in [4.78, 5) is 12.1. The Kier molecular flexibility index (Phi) is 4.76. The van der Waals surface area contributed by atoms with Gasteiger partial charge in [0.25, 0.3) is 0 Å². The van der Waals surface area contributed by atoms with Crippen molar-refractivity contribution in [1.29, 1.82) is 0 Å². The van der Waals surface area contributed by atoms with Gasteiger partial charge in [-0.3, -0.25) is 0 Å². The number of aryl methyl sites for hydroxylation is 2. The normalized spacial score (nSPS) is 10.5. The molecule has 0 bridgehead atoms. The zero-order valence-corrected chi connectivity index (χ0v) is 13.3. The third kappa shape index (κ3) is 3.69. The first-order chi connectivity index (χ1) is 9.88. The maximum Gasteiger partial charge on any atom is 0.338 e. The minimum Gasteiger partial charge on any atom is -0.457 e. The van der Waals surface area contributed by atoms with Crippen LogP contribution in [0, 0.1) is 13.8 Å². The number of benzene rings is 2. The third-order valence-corrected chi connectivity index (χ3v) is 3.97. The predicted molar refractivity (Wildman–Crippen MR) is 85.9 cm³/mol. The molecule has 0 aliphatic carbocycles. The molecule has 0 radical (unpaired) electrons. The summed E-state index contributed by atoms with van der Waals surface area (Å²) in [5.74, 6) is -0.485. The molecular formula is C16H15Cl2NO2. The molecule has 0 aliphatic rings. The third-order valence-electron chi connectivity index (χ3n) is 3.16. The van der Waals surface area contributed by atoms with E-state index in [-0.39, 0.29) is 27.9 Å². The van der Waals surface area contributed by atoms with Crippen molar-refractivity contribution < 1.29 is 9.53 Å². The molecule has 0 saturated heterocycles. The fourth-order valence-corrected chi connectivity index (χ4v) is 2.25. The fraction of sp³-hybridized carbons (Fsp3) is 0.188. The highest BCUT2D eigenvalue weighted by Gasteiger charge is 2.13. The summed E-state index contributed by atoms with van der Waals surface area (Å²) in [5.41, 5.74) is 9.38. The van der Waals surface area contributed by atoms with Gasteiger partial charge in [0.2, 0.25) is 0 Å². The maximum atomic E-state index is 12.1. The molecule has 3 nitrogen and oxygen atoms in total. The molecule has 2 rings (SSSR count). The first-order valence-electron chi connectivity index (χ1n) is 6.36. The number of anilines is 1. The summed E-state index contributed by atoms with van der Waals surface area (Å²) in [5, 5.41) is 0.470. The van der Waals surface area contributed by atoms with E-state index in [2.05, 4.69) is 0 Å². The highest BCUT2D eigenvalue weighted by molar-refractivity contribution is 6.43. The van der Waals surface area contributed by atoms with Gasteiger partial charge < -0.3 is 10.5 Å². The molecule has 0 spiro atoms. The van der Waals surface area contributed by atoms with E-state index in [9.17, 15) is 4.79 Å². The lowest BCUT2D eigenvalue weighted by Crippen LogP contribution is -2.07. The Morgan fingerprint density at radius 3 is 2.57 bits per heavy atom. The molecule has 2 aromatic rings. The number of halogens is 2. The Bertz CT molecular complexity index is 676. The standard InChI is InChI=1S/C16H15Cl2NO2/c1-9-3-4-10(2)12(5-9)8-21-16(20)11-6-13(17)15(18)14(19)7-11/h3-7H,8,19H2,1-2H3. The molecule has 0 amide bonds. The Balaban J connectivity index is 2.13. The minimum atomic E-state index is -0.485. The van der Waals surface area contributed by atoms with Crippen molar-refractivity contribution in [2.45, 2.75) is 20.5 Å². The van der Waals surface area contributed by atoms with Gasteiger partial charge in [0, 0.05) is 0 Å². The van der Waals surface area contributed by atoms with E-state index < -0.39 is 5.97 Å². The zero-order chi connectivity index (χ0) is 15.6. The van der Waals surface area contributed by atoms with Gasteiger partial charge in [-0.15, -0.1) is 0 Å². The topological polar surface area (TPSA) is 52.3 Å². The van der Waals surface area contributed by atoms with Gasteiger partial charge in [0.1, 0.15) is 6.61 Å². The summed E-state index contributed by atoms with van der Waals surface area (Å²) >= 11 is 11.8. The van der Waals surface area contributed by atoms with Crippen molar-refractivity contribution in [3.05, 3.63) is 62.6 Å². The molecule has 0 atom stereocenters. The van der Waals surface area contributed by atoms with Crippen molar-refractivity contribution in [3.63, 3.8) is 0 Å². The number of nitrogen functional groups attached to an aromatic ring is 1. The second-order valence-corrected chi connectivity index (χ2v) is 5.65. The van der Waals surface area contributed by atoms with Crippen LogP contribution in [0.1, 0.15) is 27.0 Å². The van der Waals surface area contributed by atoms with Gasteiger partial charge in [0.15, 0.2) is 0 Å². The van der Waals surface area contributed by atoms with Crippen LogP contribution in [0.4, 0.5) is 5.69 Å². The van der Waals surface area contributed by atoms with Gasteiger partial charge in [-0.2, -0.15) is 0 Å². The summed E-state index contributed by atoms with van der Waals surface area (Å²) in [6, 6.07) is 8.91. The van der Waals surface area contributed by atoms with E-state index in [1.54, 1.807) is 0 Å². The van der Waals surface area contributed by atoms with Crippen LogP contribution in [0.5, 0.6) is 0 Å². The van der Waals surface area contributed by atoms with Crippen LogP contribution < -0.4 is 5.73 Å². The second-order valence-electron chi connectivity index (χ2n) is 4.87. The predicted octanol–water partition coefficient (Wildman–Crippen LogP) is 4.55. The number of carbonyl (C=O) groups excluding carboxylic acids is 1. The van der Waals surface area contributed by atoms with Crippen molar-refractivity contribution in [2.24, 2.45) is 0 Å². The molecule has 0 fully saturated rings. The highest BCUT2D eigenvalue weighted by atomic mass is 35.5. The Morgan fingerprint density at radius 2 is 1.90 bits per heavy atom. The number of rotatable bonds is 3. The van der Waals surface area contributed by atoms with Crippen molar-refractivity contribution in [3.8, 4) is 0 Å². The monoisotopic (exact) mass is 323 g/mol.